The fraction of sp³-hybridized carbons (Fsp3) is 0.217. The first-order valence-corrected chi connectivity index (χ1v) is 10.5. The van der Waals surface area contributed by atoms with Crippen LogP contribution in [0.25, 0.3) is 16.2 Å². The monoisotopic (exact) mass is 406 g/mol. The van der Waals surface area contributed by atoms with Crippen LogP contribution in [0.5, 0.6) is 5.75 Å². The molecule has 0 saturated carbocycles. The van der Waals surface area contributed by atoms with Gasteiger partial charge in [-0.25, -0.2) is 9.78 Å². The zero-order valence-electron chi connectivity index (χ0n) is 16.3. The van der Waals surface area contributed by atoms with Crippen molar-refractivity contribution in [2.45, 2.75) is 32.8 Å². The molecule has 29 heavy (non-hydrogen) atoms. The van der Waals surface area contributed by atoms with Gasteiger partial charge in [0, 0.05) is 17.1 Å². The van der Waals surface area contributed by atoms with Gasteiger partial charge in [-0.05, 0) is 35.6 Å². The number of fused-ring (bicyclic) bond motifs is 1. The Bertz CT molecular complexity index is 1150. The van der Waals surface area contributed by atoms with Gasteiger partial charge >= 0.3 is 5.97 Å². The number of nitrogens with zero attached hydrogens (tertiary/aromatic N) is 2. The van der Waals surface area contributed by atoms with E-state index in [2.05, 4.69) is 31.0 Å². The fourth-order valence-corrected chi connectivity index (χ4v) is 4.11. The van der Waals surface area contributed by atoms with Crippen LogP contribution in [0.15, 0.2) is 60.1 Å². The van der Waals surface area contributed by atoms with Gasteiger partial charge in [-0.15, -0.1) is 11.3 Å². The Hall–Kier alpha value is -3.12. The molecule has 0 aliphatic heterocycles. The second-order valence-electron chi connectivity index (χ2n) is 7.04. The molecule has 0 saturated heterocycles. The predicted octanol–water partition coefficient (Wildman–Crippen LogP) is 5.85. The van der Waals surface area contributed by atoms with Gasteiger partial charge in [-0.3, -0.25) is 4.40 Å². The number of thiazole rings is 1. The second kappa shape index (κ2) is 8.09. The van der Waals surface area contributed by atoms with Gasteiger partial charge in [-0.1, -0.05) is 50.2 Å². The minimum Gasteiger partial charge on any atom is -0.488 e. The van der Waals surface area contributed by atoms with Gasteiger partial charge < -0.3 is 9.84 Å². The minimum absolute atomic E-state index is 0.0444. The molecule has 4 aromatic rings. The fourth-order valence-electron chi connectivity index (χ4n) is 3.23. The number of ether oxygens (including phenoxy) is 1. The standard InChI is InChI=1S/C23H22N2O3S/c1-3-15(2)17-9-10-21(28-13-16-7-5-4-6-8-16)18(11-17)20-14-29-23-24-19(22(26)27)12-25(20)23/h4-12,14-15H,3,13H2,1-2H3,(H,26,27). The van der Waals surface area contributed by atoms with Gasteiger partial charge in [0.05, 0.1) is 5.69 Å². The maximum Gasteiger partial charge on any atom is 0.356 e. The molecule has 148 valence electrons. The first-order chi connectivity index (χ1) is 14.1. The highest BCUT2D eigenvalue weighted by Gasteiger charge is 2.18. The SMILES string of the molecule is CCC(C)c1ccc(OCc2ccccc2)c(-c2csc3nc(C(=O)O)cn23)c1. The van der Waals surface area contributed by atoms with Crippen molar-refractivity contribution in [2.24, 2.45) is 0 Å². The number of hydrogen-bond donors (Lipinski definition) is 1. The Labute approximate surface area is 173 Å². The number of benzene rings is 2. The molecule has 6 heteroatoms. The molecule has 1 unspecified atom stereocenters. The van der Waals surface area contributed by atoms with Crippen molar-refractivity contribution in [1.29, 1.82) is 0 Å². The molecule has 0 radical (unpaired) electrons. The highest BCUT2D eigenvalue weighted by molar-refractivity contribution is 7.15. The normalized spacial score (nSPS) is 12.2. The number of hydrogen-bond acceptors (Lipinski definition) is 4. The first kappa shape index (κ1) is 19.2. The lowest BCUT2D eigenvalue weighted by Crippen LogP contribution is -2.00. The summed E-state index contributed by atoms with van der Waals surface area (Å²) in [6.45, 7) is 4.84. The largest absolute Gasteiger partial charge is 0.488 e. The Kier molecular flexibility index (Phi) is 5.36. The quantitative estimate of drug-likeness (QED) is 0.418. The van der Waals surface area contributed by atoms with E-state index in [-0.39, 0.29) is 5.69 Å². The van der Waals surface area contributed by atoms with Crippen LogP contribution in [0.4, 0.5) is 0 Å². The van der Waals surface area contributed by atoms with Gasteiger partial charge in [0.25, 0.3) is 0 Å². The molecule has 0 fully saturated rings. The molecule has 0 bridgehead atoms. The van der Waals surface area contributed by atoms with Gasteiger partial charge in [0.1, 0.15) is 12.4 Å². The predicted molar refractivity (Wildman–Crippen MR) is 115 cm³/mol. The molecule has 0 aliphatic rings. The van der Waals surface area contributed by atoms with E-state index in [1.54, 1.807) is 6.20 Å². The van der Waals surface area contributed by atoms with Crippen LogP contribution >= 0.6 is 11.3 Å². The summed E-state index contributed by atoms with van der Waals surface area (Å²) in [5, 5.41) is 11.3. The summed E-state index contributed by atoms with van der Waals surface area (Å²) < 4.78 is 8.01. The van der Waals surface area contributed by atoms with E-state index < -0.39 is 5.97 Å². The molecule has 2 heterocycles. The van der Waals surface area contributed by atoms with Gasteiger partial charge in [0.15, 0.2) is 10.7 Å². The number of aromatic carboxylic acids is 1. The summed E-state index contributed by atoms with van der Waals surface area (Å²) in [7, 11) is 0. The molecule has 1 N–H and O–H groups in total. The van der Waals surface area contributed by atoms with Crippen LogP contribution in [-0.2, 0) is 6.61 Å². The lowest BCUT2D eigenvalue weighted by Gasteiger charge is -2.16. The zero-order chi connectivity index (χ0) is 20.4. The van der Waals surface area contributed by atoms with Crippen molar-refractivity contribution in [3.63, 3.8) is 0 Å². The lowest BCUT2D eigenvalue weighted by molar-refractivity contribution is 0.0691. The summed E-state index contributed by atoms with van der Waals surface area (Å²) in [5.41, 5.74) is 4.20. The first-order valence-electron chi connectivity index (χ1n) is 9.57. The van der Waals surface area contributed by atoms with E-state index in [1.807, 2.05) is 46.2 Å². The highest BCUT2D eigenvalue weighted by Crippen LogP contribution is 2.36. The highest BCUT2D eigenvalue weighted by atomic mass is 32.1. The Morgan fingerprint density at radius 2 is 2.03 bits per heavy atom. The van der Waals surface area contributed by atoms with Gasteiger partial charge in [-0.2, -0.15) is 0 Å². The number of aromatic nitrogens is 2. The van der Waals surface area contributed by atoms with Crippen molar-refractivity contribution in [2.75, 3.05) is 0 Å². The Morgan fingerprint density at radius 3 is 2.76 bits per heavy atom. The lowest BCUT2D eigenvalue weighted by atomic mass is 9.95. The molecule has 2 aromatic carbocycles. The maximum absolute atomic E-state index is 11.3. The van der Waals surface area contributed by atoms with Crippen LogP contribution in [0, 0.1) is 0 Å². The summed E-state index contributed by atoms with van der Waals surface area (Å²) in [5.74, 6) is 0.162. The summed E-state index contributed by atoms with van der Waals surface area (Å²) in [4.78, 5) is 16.2. The number of carbonyl (C=O) groups is 1. The van der Waals surface area contributed by atoms with E-state index in [4.69, 9.17) is 4.74 Å². The molecular weight excluding hydrogens is 384 g/mol. The number of carboxylic acids is 1. The number of carboxylic acid groups (broad SMARTS) is 1. The van der Waals surface area contributed by atoms with Crippen LogP contribution < -0.4 is 4.74 Å². The molecular formula is C23H22N2O3S. The van der Waals surface area contributed by atoms with E-state index >= 15 is 0 Å². The zero-order valence-corrected chi connectivity index (χ0v) is 17.1. The van der Waals surface area contributed by atoms with Crippen molar-refractivity contribution in [1.82, 2.24) is 9.38 Å². The third kappa shape index (κ3) is 3.89. The van der Waals surface area contributed by atoms with Crippen LogP contribution in [-0.4, -0.2) is 20.5 Å². The molecule has 4 rings (SSSR count). The third-order valence-corrected chi connectivity index (χ3v) is 5.97. The van der Waals surface area contributed by atoms with E-state index in [1.165, 1.54) is 16.9 Å². The van der Waals surface area contributed by atoms with Crippen LogP contribution in [0.3, 0.4) is 0 Å². The van der Waals surface area contributed by atoms with E-state index in [9.17, 15) is 9.90 Å². The van der Waals surface area contributed by atoms with E-state index in [0.29, 0.717) is 17.5 Å². The minimum atomic E-state index is -1.03. The topological polar surface area (TPSA) is 63.8 Å². The van der Waals surface area contributed by atoms with Gasteiger partial charge in [0.2, 0.25) is 0 Å². The van der Waals surface area contributed by atoms with Crippen molar-refractivity contribution in [3.8, 4) is 17.0 Å². The number of rotatable bonds is 7. The van der Waals surface area contributed by atoms with E-state index in [0.717, 1.165) is 29.0 Å². The molecule has 1 atom stereocenters. The summed E-state index contributed by atoms with van der Waals surface area (Å²) in [6.07, 6.45) is 2.61. The summed E-state index contributed by atoms with van der Waals surface area (Å²) >= 11 is 1.42. The average Bonchev–Trinajstić information content (AvgIpc) is 3.33. The average molecular weight is 407 g/mol. The van der Waals surface area contributed by atoms with Crippen molar-refractivity contribution >= 4 is 22.3 Å². The molecule has 0 amide bonds. The Balaban J connectivity index is 1.77. The maximum atomic E-state index is 11.3. The second-order valence-corrected chi connectivity index (χ2v) is 7.88. The van der Waals surface area contributed by atoms with Crippen LogP contribution in [0.2, 0.25) is 0 Å². The van der Waals surface area contributed by atoms with Crippen LogP contribution in [0.1, 0.15) is 47.8 Å². The smallest absolute Gasteiger partial charge is 0.356 e. The van der Waals surface area contributed by atoms with Crippen molar-refractivity contribution < 1.29 is 14.6 Å². The molecule has 5 nitrogen and oxygen atoms in total. The molecule has 2 aromatic heterocycles. The third-order valence-electron chi connectivity index (χ3n) is 5.13. The number of imidazole rings is 1. The molecule has 0 spiro atoms. The molecule has 0 aliphatic carbocycles. The van der Waals surface area contributed by atoms with Crippen molar-refractivity contribution in [3.05, 3.63) is 76.9 Å². The summed E-state index contributed by atoms with van der Waals surface area (Å²) in [6, 6.07) is 16.3. The Morgan fingerprint density at radius 1 is 1.24 bits per heavy atom.